The molecule has 1 aromatic carbocycles. The van der Waals surface area contributed by atoms with Crippen molar-refractivity contribution in [3.05, 3.63) is 35.4 Å². The highest BCUT2D eigenvalue weighted by atomic mass is 19.1. The van der Waals surface area contributed by atoms with Gasteiger partial charge in [-0.05, 0) is 19.1 Å². The number of nitrogens with one attached hydrogen (secondary N) is 1. The lowest BCUT2D eigenvalue weighted by Gasteiger charge is -2.24. The van der Waals surface area contributed by atoms with E-state index in [-0.39, 0.29) is 5.78 Å². The number of Topliss-reactive ketones (excluding diaryl/α,β-unsaturated/α-hetero) is 1. The molecule has 0 radical (unpaired) electrons. The fourth-order valence-electron chi connectivity index (χ4n) is 2.37. The molecule has 124 valence electrons. The van der Waals surface area contributed by atoms with Gasteiger partial charge in [-0.15, -0.1) is 0 Å². The highest BCUT2D eigenvalue weighted by Crippen LogP contribution is 2.33. The molecule has 23 heavy (non-hydrogen) atoms. The number of hydrogen-bond donors (Lipinski definition) is 1. The molecule has 0 spiro atoms. The molecule has 0 saturated carbocycles. The van der Waals surface area contributed by atoms with Gasteiger partial charge in [-0.25, -0.2) is 13.6 Å². The lowest BCUT2D eigenvalue weighted by molar-refractivity contribution is -0.136. The molecule has 3 amide bonds. The van der Waals surface area contributed by atoms with E-state index >= 15 is 0 Å². The Hall–Kier alpha value is -2.31. The minimum absolute atomic E-state index is 0.334. The molecule has 1 aliphatic heterocycles. The third-order valence-corrected chi connectivity index (χ3v) is 3.88. The first-order valence-electron chi connectivity index (χ1n) is 7.10. The Bertz CT molecular complexity index is 677. The van der Waals surface area contributed by atoms with Gasteiger partial charge >= 0.3 is 6.03 Å². The summed E-state index contributed by atoms with van der Waals surface area (Å²) in [6.07, 6.45) is 0. The van der Waals surface area contributed by atoms with E-state index in [4.69, 9.17) is 0 Å². The largest absolute Gasteiger partial charge is 0.325 e. The van der Waals surface area contributed by atoms with Crippen molar-refractivity contribution in [1.82, 2.24) is 10.2 Å². The van der Waals surface area contributed by atoms with Crippen LogP contribution in [-0.4, -0.2) is 29.2 Å². The van der Waals surface area contributed by atoms with Gasteiger partial charge in [0.15, 0.2) is 5.78 Å². The minimum atomic E-state index is -1.88. The van der Waals surface area contributed by atoms with Gasteiger partial charge in [-0.3, -0.25) is 14.5 Å². The zero-order valence-electron chi connectivity index (χ0n) is 13.4. The number of nitrogens with zero attached hydrogens (tertiary/aromatic N) is 1. The Kier molecular flexibility index (Phi) is 4.00. The van der Waals surface area contributed by atoms with E-state index in [2.05, 4.69) is 5.32 Å². The average Bonchev–Trinajstić information content (AvgIpc) is 2.61. The fourth-order valence-corrected chi connectivity index (χ4v) is 2.37. The smallest absolute Gasteiger partial charge is 0.319 e. The molecule has 1 N–H and O–H groups in total. The maximum atomic E-state index is 14.0. The molecule has 1 aromatic rings. The molecule has 5 nitrogen and oxygen atoms in total. The standard InChI is InChI=1S/C16H18F2N2O3/c1-15(2,3)11(21)8-20-13(22)16(4,19-14(20)23)12-9(17)6-5-7-10(12)18/h5-7H,8H2,1-4H3,(H,19,23)/t16-/m0/s1. The molecule has 0 aromatic heterocycles. The second-order valence-corrected chi connectivity index (χ2v) is 6.72. The Morgan fingerprint density at radius 3 is 2.22 bits per heavy atom. The maximum absolute atomic E-state index is 14.0. The summed E-state index contributed by atoms with van der Waals surface area (Å²) in [6, 6.07) is 2.33. The van der Waals surface area contributed by atoms with Crippen molar-refractivity contribution in [2.45, 2.75) is 33.2 Å². The van der Waals surface area contributed by atoms with Gasteiger partial charge in [0.1, 0.15) is 17.2 Å². The molecule has 1 heterocycles. The van der Waals surface area contributed by atoms with Crippen molar-refractivity contribution < 1.29 is 23.2 Å². The van der Waals surface area contributed by atoms with E-state index in [1.165, 1.54) is 13.0 Å². The molecule has 0 unspecified atom stereocenters. The molecular weight excluding hydrogens is 306 g/mol. The van der Waals surface area contributed by atoms with Crippen LogP contribution in [0.5, 0.6) is 0 Å². The van der Waals surface area contributed by atoms with Gasteiger partial charge in [-0.1, -0.05) is 26.8 Å². The third kappa shape index (κ3) is 2.83. The molecule has 1 atom stereocenters. The van der Waals surface area contributed by atoms with Crippen molar-refractivity contribution in [2.24, 2.45) is 5.41 Å². The van der Waals surface area contributed by atoms with Crippen LogP contribution >= 0.6 is 0 Å². The summed E-state index contributed by atoms with van der Waals surface area (Å²) in [4.78, 5) is 37.4. The Morgan fingerprint density at radius 1 is 1.22 bits per heavy atom. The second kappa shape index (κ2) is 5.40. The highest BCUT2D eigenvalue weighted by molar-refractivity contribution is 6.09. The summed E-state index contributed by atoms with van der Waals surface area (Å²) in [7, 11) is 0. The second-order valence-electron chi connectivity index (χ2n) is 6.72. The Labute approximate surface area is 132 Å². The Morgan fingerprint density at radius 2 is 1.74 bits per heavy atom. The van der Waals surface area contributed by atoms with Crippen LogP contribution in [0.2, 0.25) is 0 Å². The Balaban J connectivity index is 2.40. The number of rotatable bonds is 3. The number of carbonyl (C=O) groups excluding carboxylic acids is 3. The average molecular weight is 324 g/mol. The van der Waals surface area contributed by atoms with E-state index in [9.17, 15) is 23.2 Å². The number of imide groups is 1. The molecule has 7 heteroatoms. The number of benzene rings is 1. The van der Waals surface area contributed by atoms with E-state index in [0.29, 0.717) is 4.90 Å². The van der Waals surface area contributed by atoms with Crippen molar-refractivity contribution in [1.29, 1.82) is 0 Å². The normalized spacial score (nSPS) is 21.6. The minimum Gasteiger partial charge on any atom is -0.319 e. The lowest BCUT2D eigenvalue weighted by atomic mass is 9.89. The van der Waals surface area contributed by atoms with Gasteiger partial charge in [-0.2, -0.15) is 0 Å². The summed E-state index contributed by atoms with van der Waals surface area (Å²) in [5.41, 5.74) is -3.17. The molecular formula is C16H18F2N2O3. The van der Waals surface area contributed by atoms with Gasteiger partial charge in [0.2, 0.25) is 0 Å². The van der Waals surface area contributed by atoms with E-state index in [1.54, 1.807) is 20.8 Å². The monoisotopic (exact) mass is 324 g/mol. The first kappa shape index (κ1) is 17.1. The first-order chi connectivity index (χ1) is 10.5. The number of amides is 3. The summed E-state index contributed by atoms with van der Waals surface area (Å²) in [5.74, 6) is -3.07. The number of urea groups is 1. The van der Waals surface area contributed by atoms with E-state index < -0.39 is 46.6 Å². The van der Waals surface area contributed by atoms with Crippen LogP contribution in [0, 0.1) is 17.0 Å². The highest BCUT2D eigenvalue weighted by Gasteiger charge is 2.52. The molecule has 1 saturated heterocycles. The zero-order valence-corrected chi connectivity index (χ0v) is 13.4. The first-order valence-corrected chi connectivity index (χ1v) is 7.10. The number of hydrogen-bond acceptors (Lipinski definition) is 3. The molecule has 1 fully saturated rings. The van der Waals surface area contributed by atoms with Crippen molar-refractivity contribution in [3.63, 3.8) is 0 Å². The van der Waals surface area contributed by atoms with Gasteiger partial charge < -0.3 is 5.32 Å². The van der Waals surface area contributed by atoms with E-state index in [0.717, 1.165) is 12.1 Å². The summed E-state index contributed by atoms with van der Waals surface area (Å²) >= 11 is 0. The van der Waals surface area contributed by atoms with Crippen LogP contribution < -0.4 is 5.32 Å². The summed E-state index contributed by atoms with van der Waals surface area (Å²) < 4.78 is 28.0. The molecule has 0 bridgehead atoms. The van der Waals surface area contributed by atoms with Crippen LogP contribution in [0.4, 0.5) is 13.6 Å². The maximum Gasteiger partial charge on any atom is 0.325 e. The van der Waals surface area contributed by atoms with Gasteiger partial charge in [0.05, 0.1) is 12.1 Å². The SMILES string of the molecule is CC(C)(C)C(=O)CN1C(=O)N[C@@](C)(c2c(F)cccc2F)C1=O. The summed E-state index contributed by atoms with van der Waals surface area (Å²) in [5, 5.41) is 2.29. The van der Waals surface area contributed by atoms with Crippen LogP contribution in [0.15, 0.2) is 18.2 Å². The van der Waals surface area contributed by atoms with Crippen molar-refractivity contribution >= 4 is 17.7 Å². The topological polar surface area (TPSA) is 66.5 Å². The van der Waals surface area contributed by atoms with Crippen molar-refractivity contribution in [3.8, 4) is 0 Å². The van der Waals surface area contributed by atoms with Crippen molar-refractivity contribution in [2.75, 3.05) is 6.54 Å². The quantitative estimate of drug-likeness (QED) is 0.868. The third-order valence-electron chi connectivity index (χ3n) is 3.88. The molecule has 0 aliphatic carbocycles. The van der Waals surface area contributed by atoms with Gasteiger partial charge in [0.25, 0.3) is 5.91 Å². The number of halogens is 2. The number of carbonyl (C=O) groups is 3. The fraction of sp³-hybridized carbons (Fsp3) is 0.438. The van der Waals surface area contributed by atoms with Crippen LogP contribution in [-0.2, 0) is 15.1 Å². The lowest BCUT2D eigenvalue weighted by Crippen LogP contribution is -2.43. The molecule has 1 aliphatic rings. The predicted molar refractivity (Wildman–Crippen MR) is 78.4 cm³/mol. The molecule has 2 rings (SSSR count). The van der Waals surface area contributed by atoms with E-state index in [1.807, 2.05) is 0 Å². The van der Waals surface area contributed by atoms with Crippen LogP contribution in [0.25, 0.3) is 0 Å². The van der Waals surface area contributed by atoms with Crippen LogP contribution in [0.1, 0.15) is 33.3 Å². The van der Waals surface area contributed by atoms with Gasteiger partial charge in [0, 0.05) is 5.41 Å². The zero-order chi connectivity index (χ0) is 17.6. The predicted octanol–water partition coefficient (Wildman–Crippen LogP) is 2.35. The van der Waals surface area contributed by atoms with Crippen LogP contribution in [0.3, 0.4) is 0 Å². The number of ketones is 1. The summed E-state index contributed by atoms with van der Waals surface area (Å²) in [6.45, 7) is 5.74.